The first-order chi connectivity index (χ1) is 7.56. The Morgan fingerprint density at radius 3 is 2.19 bits per heavy atom. The average Bonchev–Trinajstić information content (AvgIpc) is 2.62. The van der Waals surface area contributed by atoms with Gasteiger partial charge in [-0.15, -0.1) is 22.9 Å². The molecule has 1 heterocycles. The molecule has 84 valence electrons. The van der Waals surface area contributed by atoms with Crippen molar-refractivity contribution >= 4 is 34.5 Å². The predicted molar refractivity (Wildman–Crippen MR) is 63.4 cm³/mol. The van der Waals surface area contributed by atoms with Crippen LogP contribution in [0.4, 0.5) is 8.78 Å². The van der Waals surface area contributed by atoms with Crippen LogP contribution in [-0.4, -0.2) is 0 Å². The Morgan fingerprint density at radius 2 is 1.69 bits per heavy atom. The Hall–Kier alpha value is -0.640. The normalized spacial score (nSPS) is 12.8. The van der Waals surface area contributed by atoms with Crippen LogP contribution in [0.1, 0.15) is 15.8 Å². The van der Waals surface area contributed by atoms with Crippen LogP contribution in [0.25, 0.3) is 0 Å². The first kappa shape index (κ1) is 11.8. The Morgan fingerprint density at radius 1 is 1.06 bits per heavy atom. The van der Waals surface area contributed by atoms with Gasteiger partial charge in [-0.25, -0.2) is 8.78 Å². The van der Waals surface area contributed by atoms with E-state index in [0.717, 1.165) is 10.9 Å². The zero-order chi connectivity index (χ0) is 11.7. The van der Waals surface area contributed by atoms with Crippen molar-refractivity contribution in [3.05, 3.63) is 56.7 Å². The van der Waals surface area contributed by atoms with Gasteiger partial charge in [0.15, 0.2) is 0 Å². The fourth-order valence-corrected chi connectivity index (χ4v) is 2.75. The van der Waals surface area contributed by atoms with Gasteiger partial charge in [0.2, 0.25) is 0 Å². The third-order valence-corrected chi connectivity index (χ3v) is 3.93. The molecule has 0 nitrogen and oxygen atoms in total. The maximum atomic E-state index is 13.0. The molecular weight excluding hydrogens is 273 g/mol. The summed E-state index contributed by atoms with van der Waals surface area (Å²) < 4.78 is 26.6. The van der Waals surface area contributed by atoms with Gasteiger partial charge in [-0.1, -0.05) is 11.6 Å². The van der Waals surface area contributed by atoms with E-state index >= 15 is 0 Å². The zero-order valence-electron chi connectivity index (χ0n) is 7.88. The first-order valence-electron chi connectivity index (χ1n) is 4.41. The molecule has 0 spiro atoms. The van der Waals surface area contributed by atoms with Crippen LogP contribution in [0.3, 0.4) is 0 Å². The molecular formula is C11H6Cl2F2S. The van der Waals surface area contributed by atoms with Crippen molar-refractivity contribution in [3.8, 4) is 0 Å². The summed E-state index contributed by atoms with van der Waals surface area (Å²) >= 11 is 13.2. The highest BCUT2D eigenvalue weighted by Gasteiger charge is 2.15. The summed E-state index contributed by atoms with van der Waals surface area (Å²) in [4.78, 5) is 0.761. The highest BCUT2D eigenvalue weighted by atomic mass is 35.5. The molecule has 0 aliphatic rings. The second-order valence-electron chi connectivity index (χ2n) is 3.21. The van der Waals surface area contributed by atoms with Gasteiger partial charge in [0, 0.05) is 10.9 Å². The highest BCUT2D eigenvalue weighted by molar-refractivity contribution is 7.16. The fraction of sp³-hybridized carbons (Fsp3) is 0.0909. The Kier molecular flexibility index (Phi) is 3.47. The molecule has 0 amide bonds. The summed E-state index contributed by atoms with van der Waals surface area (Å²) in [7, 11) is 0. The summed E-state index contributed by atoms with van der Waals surface area (Å²) in [6.07, 6.45) is 0. The van der Waals surface area contributed by atoms with Crippen LogP contribution in [0.5, 0.6) is 0 Å². The average molecular weight is 279 g/mol. The van der Waals surface area contributed by atoms with Gasteiger partial charge in [0.1, 0.15) is 11.6 Å². The van der Waals surface area contributed by atoms with Gasteiger partial charge in [-0.05, 0) is 29.8 Å². The minimum atomic E-state index is -0.636. The fourth-order valence-electron chi connectivity index (χ4n) is 1.35. The van der Waals surface area contributed by atoms with E-state index in [0.29, 0.717) is 9.90 Å². The van der Waals surface area contributed by atoms with Crippen molar-refractivity contribution in [1.82, 2.24) is 0 Å². The Balaban J connectivity index is 2.37. The molecule has 0 saturated carbocycles. The van der Waals surface area contributed by atoms with Crippen LogP contribution < -0.4 is 0 Å². The second kappa shape index (κ2) is 4.70. The number of benzene rings is 1. The molecule has 1 aromatic carbocycles. The minimum absolute atomic E-state index is 0.387. The molecule has 1 atom stereocenters. The van der Waals surface area contributed by atoms with Crippen LogP contribution in [0.2, 0.25) is 4.34 Å². The van der Waals surface area contributed by atoms with Gasteiger partial charge in [-0.2, -0.15) is 0 Å². The molecule has 0 N–H and O–H groups in total. The van der Waals surface area contributed by atoms with E-state index in [9.17, 15) is 8.78 Å². The molecule has 2 aromatic rings. The maximum Gasteiger partial charge on any atom is 0.126 e. The summed E-state index contributed by atoms with van der Waals surface area (Å²) in [6, 6.07) is 6.69. The smallest absolute Gasteiger partial charge is 0.126 e. The van der Waals surface area contributed by atoms with Crippen molar-refractivity contribution in [2.75, 3.05) is 0 Å². The summed E-state index contributed by atoms with van der Waals surface area (Å²) in [6.45, 7) is 0. The van der Waals surface area contributed by atoms with Crippen molar-refractivity contribution in [2.45, 2.75) is 5.38 Å². The summed E-state index contributed by atoms with van der Waals surface area (Å²) in [5, 5.41) is -0.581. The van der Waals surface area contributed by atoms with E-state index in [-0.39, 0.29) is 0 Å². The van der Waals surface area contributed by atoms with Crippen LogP contribution in [0.15, 0.2) is 30.3 Å². The maximum absolute atomic E-state index is 13.0. The second-order valence-corrected chi connectivity index (χ2v) is 5.39. The Labute approximate surface area is 105 Å². The lowest BCUT2D eigenvalue weighted by Crippen LogP contribution is -1.93. The lowest BCUT2D eigenvalue weighted by atomic mass is 10.1. The standard InChI is InChI=1S/C11H6Cl2F2S/c12-10-2-1-9(16-10)11(13)6-3-7(14)5-8(15)4-6/h1-5,11H. The summed E-state index contributed by atoms with van der Waals surface area (Å²) in [5.41, 5.74) is 0.387. The van der Waals surface area contributed by atoms with E-state index < -0.39 is 17.0 Å². The van der Waals surface area contributed by atoms with Crippen LogP contribution in [0, 0.1) is 11.6 Å². The highest BCUT2D eigenvalue weighted by Crippen LogP contribution is 2.35. The molecule has 0 fully saturated rings. The predicted octanol–water partition coefficient (Wildman–Crippen LogP) is 5.01. The summed E-state index contributed by atoms with van der Waals surface area (Å²) in [5.74, 6) is -1.27. The van der Waals surface area contributed by atoms with E-state index in [1.807, 2.05) is 0 Å². The zero-order valence-corrected chi connectivity index (χ0v) is 10.2. The molecule has 1 aromatic heterocycles. The largest absolute Gasteiger partial charge is 0.207 e. The lowest BCUT2D eigenvalue weighted by molar-refractivity contribution is 0.580. The molecule has 0 aliphatic carbocycles. The molecule has 2 rings (SSSR count). The quantitative estimate of drug-likeness (QED) is 0.678. The minimum Gasteiger partial charge on any atom is -0.207 e. The van der Waals surface area contributed by atoms with Crippen molar-refractivity contribution in [1.29, 1.82) is 0 Å². The van der Waals surface area contributed by atoms with Gasteiger partial charge in [-0.3, -0.25) is 0 Å². The molecule has 0 saturated heterocycles. The van der Waals surface area contributed by atoms with Gasteiger partial charge in [0.25, 0.3) is 0 Å². The molecule has 1 unspecified atom stereocenters. The molecule has 16 heavy (non-hydrogen) atoms. The molecule has 0 aliphatic heterocycles. The number of thiophene rings is 1. The third kappa shape index (κ3) is 2.54. The van der Waals surface area contributed by atoms with E-state index in [4.69, 9.17) is 23.2 Å². The first-order valence-corrected chi connectivity index (χ1v) is 6.04. The lowest BCUT2D eigenvalue weighted by Gasteiger charge is -2.07. The van der Waals surface area contributed by atoms with Gasteiger partial charge < -0.3 is 0 Å². The van der Waals surface area contributed by atoms with E-state index in [2.05, 4.69) is 0 Å². The number of alkyl halides is 1. The van der Waals surface area contributed by atoms with Crippen molar-refractivity contribution in [3.63, 3.8) is 0 Å². The van der Waals surface area contributed by atoms with E-state index in [1.54, 1.807) is 12.1 Å². The van der Waals surface area contributed by atoms with E-state index in [1.165, 1.54) is 23.5 Å². The van der Waals surface area contributed by atoms with Crippen molar-refractivity contribution < 1.29 is 8.78 Å². The number of hydrogen-bond donors (Lipinski definition) is 0. The third-order valence-electron chi connectivity index (χ3n) is 2.02. The van der Waals surface area contributed by atoms with Gasteiger partial charge in [0.05, 0.1) is 9.71 Å². The van der Waals surface area contributed by atoms with Crippen LogP contribution >= 0.6 is 34.5 Å². The molecule has 0 radical (unpaired) electrons. The molecule has 0 bridgehead atoms. The monoisotopic (exact) mass is 278 g/mol. The van der Waals surface area contributed by atoms with Gasteiger partial charge >= 0.3 is 0 Å². The molecule has 5 heteroatoms. The number of rotatable bonds is 2. The van der Waals surface area contributed by atoms with Crippen molar-refractivity contribution in [2.24, 2.45) is 0 Å². The SMILES string of the molecule is Fc1cc(F)cc(C(Cl)c2ccc(Cl)s2)c1. The Bertz CT molecular complexity index is 490. The van der Waals surface area contributed by atoms with Crippen LogP contribution in [-0.2, 0) is 0 Å². The number of hydrogen-bond acceptors (Lipinski definition) is 1. The topological polar surface area (TPSA) is 0 Å². The number of halogens is 4.